The van der Waals surface area contributed by atoms with Crippen molar-refractivity contribution in [3.8, 4) is 11.5 Å². The number of para-hydroxylation sites is 2. The number of carbonyl (C=O) groups is 1. The van der Waals surface area contributed by atoms with Crippen LogP contribution in [0.4, 0.5) is 0 Å². The summed E-state index contributed by atoms with van der Waals surface area (Å²) in [5, 5.41) is 4.05. The number of ether oxygens (including phenoxy) is 2. The Balaban J connectivity index is 1.52. The summed E-state index contributed by atoms with van der Waals surface area (Å²) in [5.74, 6) is 0.943. The summed E-state index contributed by atoms with van der Waals surface area (Å²) in [7, 11) is 0. The van der Waals surface area contributed by atoms with Crippen LogP contribution in [0.15, 0.2) is 84.0 Å². The number of nitrogens with one attached hydrogen (secondary N) is 1. The zero-order valence-electron chi connectivity index (χ0n) is 16.4. The Labute approximate surface area is 171 Å². The van der Waals surface area contributed by atoms with Crippen molar-refractivity contribution in [2.45, 2.75) is 13.3 Å². The highest BCUT2D eigenvalue weighted by Crippen LogP contribution is 2.18. The van der Waals surface area contributed by atoms with E-state index in [1.54, 1.807) is 24.4 Å². The van der Waals surface area contributed by atoms with Gasteiger partial charge in [-0.15, -0.1) is 0 Å². The van der Waals surface area contributed by atoms with Crippen LogP contribution in [-0.2, 0) is 6.42 Å². The minimum atomic E-state index is -0.328. The summed E-state index contributed by atoms with van der Waals surface area (Å²) in [5.41, 5.74) is 5.15. The first-order valence-electron chi connectivity index (χ1n) is 9.58. The maximum atomic E-state index is 12.5. The Bertz CT molecular complexity index is 938. The second-order valence-corrected chi connectivity index (χ2v) is 6.30. The van der Waals surface area contributed by atoms with E-state index in [-0.39, 0.29) is 5.91 Å². The molecule has 0 unspecified atom stereocenters. The van der Waals surface area contributed by atoms with E-state index in [1.807, 2.05) is 60.7 Å². The quantitative estimate of drug-likeness (QED) is 0.334. The number of hydrogen-bond donors (Lipinski definition) is 1. The van der Waals surface area contributed by atoms with Crippen LogP contribution >= 0.6 is 0 Å². The van der Waals surface area contributed by atoms with Crippen LogP contribution in [0.5, 0.6) is 11.5 Å². The van der Waals surface area contributed by atoms with Gasteiger partial charge in [0.2, 0.25) is 0 Å². The van der Waals surface area contributed by atoms with Crippen LogP contribution < -0.4 is 14.9 Å². The molecule has 3 aromatic carbocycles. The van der Waals surface area contributed by atoms with Crippen molar-refractivity contribution in [3.05, 3.63) is 95.6 Å². The molecule has 0 saturated heterocycles. The van der Waals surface area contributed by atoms with Crippen LogP contribution in [0.1, 0.15) is 28.4 Å². The van der Waals surface area contributed by atoms with Crippen molar-refractivity contribution in [2.24, 2.45) is 5.10 Å². The van der Waals surface area contributed by atoms with Gasteiger partial charge in [0.05, 0.1) is 11.8 Å². The predicted molar refractivity (Wildman–Crippen MR) is 115 cm³/mol. The number of amides is 1. The standard InChI is InChI=1S/C24H24N2O3/c1-2-19-12-14-20(15-13-19)18-25-26-24(27)22-10-6-7-11-23(22)29-17-16-28-21-8-4-3-5-9-21/h3-15,18H,2,16-17H2,1H3,(H,26,27). The van der Waals surface area contributed by atoms with Crippen molar-refractivity contribution in [1.82, 2.24) is 5.43 Å². The Morgan fingerprint density at radius 2 is 1.59 bits per heavy atom. The molecule has 0 aromatic heterocycles. The fourth-order valence-electron chi connectivity index (χ4n) is 2.67. The predicted octanol–water partition coefficient (Wildman–Crippen LogP) is 4.47. The molecule has 0 atom stereocenters. The van der Waals surface area contributed by atoms with E-state index in [2.05, 4.69) is 17.5 Å². The molecule has 1 amide bonds. The minimum absolute atomic E-state index is 0.326. The first-order chi connectivity index (χ1) is 14.3. The Morgan fingerprint density at radius 3 is 2.34 bits per heavy atom. The first kappa shape index (κ1) is 20.1. The fraction of sp³-hybridized carbons (Fsp3) is 0.167. The average Bonchev–Trinajstić information content (AvgIpc) is 2.78. The van der Waals surface area contributed by atoms with E-state index >= 15 is 0 Å². The molecular formula is C24H24N2O3. The molecule has 3 rings (SSSR count). The minimum Gasteiger partial charge on any atom is -0.490 e. The third-order valence-corrected chi connectivity index (χ3v) is 4.25. The molecular weight excluding hydrogens is 364 g/mol. The SMILES string of the molecule is CCc1ccc(C=NNC(=O)c2ccccc2OCCOc2ccccc2)cc1. The fourth-order valence-corrected chi connectivity index (χ4v) is 2.67. The lowest BCUT2D eigenvalue weighted by Gasteiger charge is -2.11. The molecule has 5 heteroatoms. The molecule has 3 aromatic rings. The highest BCUT2D eigenvalue weighted by Gasteiger charge is 2.11. The largest absolute Gasteiger partial charge is 0.490 e. The van der Waals surface area contributed by atoms with E-state index in [0.717, 1.165) is 17.7 Å². The van der Waals surface area contributed by atoms with Crippen molar-refractivity contribution in [3.63, 3.8) is 0 Å². The molecule has 0 saturated carbocycles. The zero-order valence-corrected chi connectivity index (χ0v) is 16.4. The highest BCUT2D eigenvalue weighted by molar-refractivity contribution is 5.97. The summed E-state index contributed by atoms with van der Waals surface area (Å²) >= 11 is 0. The van der Waals surface area contributed by atoms with Gasteiger partial charge in [-0.3, -0.25) is 4.79 Å². The molecule has 0 fully saturated rings. The monoisotopic (exact) mass is 388 g/mol. The number of nitrogens with zero attached hydrogens (tertiary/aromatic N) is 1. The molecule has 29 heavy (non-hydrogen) atoms. The number of aryl methyl sites for hydroxylation is 1. The van der Waals surface area contributed by atoms with Gasteiger partial charge in [0.1, 0.15) is 24.7 Å². The number of hydrazone groups is 1. The van der Waals surface area contributed by atoms with Crippen LogP contribution in [-0.4, -0.2) is 25.3 Å². The average molecular weight is 388 g/mol. The summed E-state index contributed by atoms with van der Waals surface area (Å²) in [6.07, 6.45) is 2.61. The van der Waals surface area contributed by atoms with Gasteiger partial charge < -0.3 is 9.47 Å². The summed E-state index contributed by atoms with van der Waals surface area (Å²) in [6, 6.07) is 24.6. The lowest BCUT2D eigenvalue weighted by molar-refractivity contribution is 0.0950. The molecule has 0 bridgehead atoms. The van der Waals surface area contributed by atoms with Gasteiger partial charge in [-0.2, -0.15) is 5.10 Å². The van der Waals surface area contributed by atoms with E-state index < -0.39 is 0 Å². The number of hydrogen-bond acceptors (Lipinski definition) is 4. The van der Waals surface area contributed by atoms with Crippen LogP contribution in [0.2, 0.25) is 0 Å². The second-order valence-electron chi connectivity index (χ2n) is 6.30. The number of rotatable bonds is 9. The van der Waals surface area contributed by atoms with Gasteiger partial charge in [0.15, 0.2) is 0 Å². The van der Waals surface area contributed by atoms with Gasteiger partial charge in [-0.25, -0.2) is 5.43 Å². The Hall–Kier alpha value is -3.60. The summed E-state index contributed by atoms with van der Waals surface area (Å²) < 4.78 is 11.3. The van der Waals surface area contributed by atoms with Crippen molar-refractivity contribution in [2.75, 3.05) is 13.2 Å². The van der Waals surface area contributed by atoms with Crippen molar-refractivity contribution in [1.29, 1.82) is 0 Å². The molecule has 0 spiro atoms. The Kier molecular flexibility index (Phi) is 7.41. The molecule has 0 radical (unpaired) electrons. The summed E-state index contributed by atoms with van der Waals surface area (Å²) in [4.78, 5) is 12.5. The van der Waals surface area contributed by atoms with Gasteiger partial charge >= 0.3 is 0 Å². The maximum Gasteiger partial charge on any atom is 0.275 e. The van der Waals surface area contributed by atoms with Crippen molar-refractivity contribution >= 4 is 12.1 Å². The molecule has 0 aliphatic rings. The van der Waals surface area contributed by atoms with E-state index in [9.17, 15) is 4.79 Å². The molecule has 0 aliphatic heterocycles. The van der Waals surface area contributed by atoms with Crippen molar-refractivity contribution < 1.29 is 14.3 Å². The zero-order chi connectivity index (χ0) is 20.3. The van der Waals surface area contributed by atoms with Gasteiger partial charge in [0.25, 0.3) is 5.91 Å². The number of carbonyl (C=O) groups excluding carboxylic acids is 1. The third-order valence-electron chi connectivity index (χ3n) is 4.25. The van der Waals surface area contributed by atoms with Crippen LogP contribution in [0, 0.1) is 0 Å². The molecule has 5 nitrogen and oxygen atoms in total. The van der Waals surface area contributed by atoms with Crippen LogP contribution in [0.3, 0.4) is 0 Å². The van der Waals surface area contributed by atoms with E-state index in [1.165, 1.54) is 5.56 Å². The topological polar surface area (TPSA) is 59.9 Å². The highest BCUT2D eigenvalue weighted by atomic mass is 16.5. The van der Waals surface area contributed by atoms with E-state index in [4.69, 9.17) is 9.47 Å². The van der Waals surface area contributed by atoms with Gasteiger partial charge in [-0.1, -0.05) is 61.5 Å². The van der Waals surface area contributed by atoms with Gasteiger partial charge in [0, 0.05) is 0 Å². The molecule has 0 aliphatic carbocycles. The molecule has 148 valence electrons. The summed E-state index contributed by atoms with van der Waals surface area (Å²) in [6.45, 7) is 2.81. The lowest BCUT2D eigenvalue weighted by atomic mass is 10.1. The van der Waals surface area contributed by atoms with E-state index in [0.29, 0.717) is 24.5 Å². The normalized spacial score (nSPS) is 10.7. The first-order valence-corrected chi connectivity index (χ1v) is 9.58. The maximum absolute atomic E-state index is 12.5. The smallest absolute Gasteiger partial charge is 0.275 e. The molecule has 0 heterocycles. The second kappa shape index (κ2) is 10.7. The Morgan fingerprint density at radius 1 is 0.897 bits per heavy atom. The molecule has 1 N–H and O–H groups in total. The van der Waals surface area contributed by atoms with Gasteiger partial charge in [-0.05, 0) is 41.8 Å². The third kappa shape index (κ3) is 6.21. The lowest BCUT2D eigenvalue weighted by Crippen LogP contribution is -2.19. The number of benzene rings is 3. The van der Waals surface area contributed by atoms with Crippen LogP contribution in [0.25, 0.3) is 0 Å².